The summed E-state index contributed by atoms with van der Waals surface area (Å²) in [4.78, 5) is 14.3. The fourth-order valence-electron chi connectivity index (χ4n) is 3.58. The molecule has 26 heavy (non-hydrogen) atoms. The number of ether oxygens (including phenoxy) is 2. The average Bonchev–Trinajstić information content (AvgIpc) is 2.60. The quantitative estimate of drug-likeness (QED) is 0.758. The molecule has 0 saturated carbocycles. The van der Waals surface area contributed by atoms with Crippen molar-refractivity contribution in [3.8, 4) is 11.5 Å². The molecule has 144 valence electrons. The molecule has 1 aromatic carbocycles. The number of benzene rings is 1. The molecule has 1 aromatic rings. The Labute approximate surface area is 159 Å². The van der Waals surface area contributed by atoms with Crippen LogP contribution in [0.3, 0.4) is 0 Å². The molecule has 3 rings (SSSR count). The van der Waals surface area contributed by atoms with Gasteiger partial charge in [0.05, 0.1) is 10.8 Å². The predicted molar refractivity (Wildman–Crippen MR) is 99.6 cm³/mol. The Balaban J connectivity index is 1.71. The van der Waals surface area contributed by atoms with Crippen LogP contribution in [-0.4, -0.2) is 50.8 Å². The Kier molecular flexibility index (Phi) is 5.97. The van der Waals surface area contributed by atoms with E-state index in [2.05, 4.69) is 0 Å². The minimum Gasteiger partial charge on any atom is -0.486 e. The lowest BCUT2D eigenvalue weighted by Crippen LogP contribution is -2.45. The molecule has 0 aromatic heterocycles. The zero-order valence-electron chi connectivity index (χ0n) is 14.9. The summed E-state index contributed by atoms with van der Waals surface area (Å²) < 4.78 is 36.1. The van der Waals surface area contributed by atoms with Gasteiger partial charge in [0.25, 0.3) is 0 Å². The van der Waals surface area contributed by atoms with Gasteiger partial charge in [-0.3, -0.25) is 4.79 Å². The molecule has 2 heterocycles. The van der Waals surface area contributed by atoms with Gasteiger partial charge in [0, 0.05) is 12.6 Å². The standard InChI is InChI=1S/C18H24ClNO5S/c1-2-14-5-3-4-6-20(14)17(21)12-26(22,23)11-13-9-15(19)18-16(10-13)24-7-8-25-18/h9-10,14H,2-8,11-12H2,1H3/t14-/m1/s1. The Morgan fingerprint density at radius 2 is 2.04 bits per heavy atom. The molecule has 1 saturated heterocycles. The van der Waals surface area contributed by atoms with Crippen LogP contribution in [-0.2, 0) is 20.4 Å². The molecule has 0 N–H and O–H groups in total. The van der Waals surface area contributed by atoms with Crippen molar-refractivity contribution < 1.29 is 22.7 Å². The number of hydrogen-bond donors (Lipinski definition) is 0. The molecule has 1 fully saturated rings. The highest BCUT2D eigenvalue weighted by molar-refractivity contribution is 7.91. The SMILES string of the molecule is CC[C@@H]1CCCCN1C(=O)CS(=O)(=O)Cc1cc(Cl)c2c(c1)OCCO2. The van der Waals surface area contributed by atoms with Gasteiger partial charge in [0.1, 0.15) is 19.0 Å². The number of likely N-dealkylation sites (tertiary alicyclic amines) is 1. The number of piperidine rings is 1. The lowest BCUT2D eigenvalue weighted by molar-refractivity contribution is -0.132. The van der Waals surface area contributed by atoms with Gasteiger partial charge >= 0.3 is 0 Å². The summed E-state index contributed by atoms with van der Waals surface area (Å²) in [6.45, 7) is 3.48. The normalized spacial score (nSPS) is 20.1. The molecule has 2 aliphatic rings. The van der Waals surface area contributed by atoms with Crippen LogP contribution in [0.2, 0.25) is 5.02 Å². The van der Waals surface area contributed by atoms with Crippen molar-refractivity contribution in [2.75, 3.05) is 25.5 Å². The molecule has 0 aliphatic carbocycles. The number of hydrogen-bond acceptors (Lipinski definition) is 5. The number of amides is 1. The Morgan fingerprint density at radius 1 is 1.27 bits per heavy atom. The second kappa shape index (κ2) is 8.05. The van der Waals surface area contributed by atoms with Gasteiger partial charge in [-0.15, -0.1) is 0 Å². The zero-order valence-corrected chi connectivity index (χ0v) is 16.4. The summed E-state index contributed by atoms with van der Waals surface area (Å²) in [6, 6.07) is 3.33. The molecule has 1 atom stereocenters. The average molecular weight is 402 g/mol. The predicted octanol–water partition coefficient (Wildman–Crippen LogP) is 2.82. The van der Waals surface area contributed by atoms with Crippen LogP contribution in [0.4, 0.5) is 0 Å². The first-order valence-electron chi connectivity index (χ1n) is 8.97. The summed E-state index contributed by atoms with van der Waals surface area (Å²) in [7, 11) is -3.60. The van der Waals surface area contributed by atoms with Crippen LogP contribution >= 0.6 is 11.6 Å². The van der Waals surface area contributed by atoms with E-state index in [0.29, 0.717) is 41.8 Å². The maximum Gasteiger partial charge on any atom is 0.238 e. The smallest absolute Gasteiger partial charge is 0.238 e. The molecule has 0 radical (unpaired) electrons. The Morgan fingerprint density at radius 3 is 2.81 bits per heavy atom. The summed E-state index contributed by atoms with van der Waals surface area (Å²) >= 11 is 6.17. The topological polar surface area (TPSA) is 72.9 Å². The fraction of sp³-hybridized carbons (Fsp3) is 0.611. The van der Waals surface area contributed by atoms with Crippen LogP contribution in [0.5, 0.6) is 11.5 Å². The molecule has 0 bridgehead atoms. The largest absolute Gasteiger partial charge is 0.486 e. The number of halogens is 1. The molecule has 2 aliphatic heterocycles. The van der Waals surface area contributed by atoms with Crippen molar-refractivity contribution >= 4 is 27.3 Å². The lowest BCUT2D eigenvalue weighted by atomic mass is 10.0. The van der Waals surface area contributed by atoms with Crippen molar-refractivity contribution in [1.29, 1.82) is 0 Å². The van der Waals surface area contributed by atoms with Gasteiger partial charge in [0.15, 0.2) is 21.3 Å². The molecular formula is C18H24ClNO5S. The number of fused-ring (bicyclic) bond motifs is 1. The highest BCUT2D eigenvalue weighted by Gasteiger charge is 2.29. The Bertz CT molecular complexity index is 780. The lowest BCUT2D eigenvalue weighted by Gasteiger charge is -2.35. The first-order valence-corrected chi connectivity index (χ1v) is 11.2. The van der Waals surface area contributed by atoms with E-state index in [0.717, 1.165) is 25.7 Å². The van der Waals surface area contributed by atoms with Crippen LogP contribution in [0.15, 0.2) is 12.1 Å². The maximum atomic E-state index is 12.6. The van der Waals surface area contributed by atoms with E-state index in [-0.39, 0.29) is 17.7 Å². The number of carbonyl (C=O) groups excluding carboxylic acids is 1. The van der Waals surface area contributed by atoms with E-state index in [1.807, 2.05) is 6.92 Å². The molecule has 0 spiro atoms. The van der Waals surface area contributed by atoms with Crippen LogP contribution in [0.1, 0.15) is 38.2 Å². The molecule has 0 unspecified atom stereocenters. The van der Waals surface area contributed by atoms with Crippen molar-refractivity contribution in [3.05, 3.63) is 22.7 Å². The number of nitrogens with zero attached hydrogens (tertiary/aromatic N) is 1. The monoisotopic (exact) mass is 401 g/mol. The summed E-state index contributed by atoms with van der Waals surface area (Å²) in [5, 5.41) is 0.320. The maximum absolute atomic E-state index is 12.6. The van der Waals surface area contributed by atoms with E-state index in [4.69, 9.17) is 21.1 Å². The second-order valence-corrected chi connectivity index (χ2v) is 9.25. The number of carbonyl (C=O) groups is 1. The Hall–Kier alpha value is -1.47. The minimum atomic E-state index is -3.60. The molecular weight excluding hydrogens is 378 g/mol. The fourth-order valence-corrected chi connectivity index (χ4v) is 5.18. The summed E-state index contributed by atoms with van der Waals surface area (Å²) in [5.74, 6) is -0.147. The van der Waals surface area contributed by atoms with Gasteiger partial charge in [-0.2, -0.15) is 0 Å². The molecule has 6 nitrogen and oxygen atoms in total. The number of rotatable bonds is 5. The van der Waals surface area contributed by atoms with Gasteiger partial charge in [-0.1, -0.05) is 18.5 Å². The van der Waals surface area contributed by atoms with Crippen molar-refractivity contribution in [3.63, 3.8) is 0 Å². The van der Waals surface area contributed by atoms with Gasteiger partial charge in [-0.25, -0.2) is 8.42 Å². The van der Waals surface area contributed by atoms with Crippen molar-refractivity contribution in [1.82, 2.24) is 4.90 Å². The van der Waals surface area contributed by atoms with Crippen molar-refractivity contribution in [2.24, 2.45) is 0 Å². The number of sulfone groups is 1. The highest BCUT2D eigenvalue weighted by Crippen LogP contribution is 2.38. The summed E-state index contributed by atoms with van der Waals surface area (Å²) in [6.07, 6.45) is 3.81. The zero-order chi connectivity index (χ0) is 18.7. The van der Waals surface area contributed by atoms with E-state index >= 15 is 0 Å². The minimum absolute atomic E-state index is 0.148. The van der Waals surface area contributed by atoms with Gasteiger partial charge in [-0.05, 0) is 43.4 Å². The summed E-state index contributed by atoms with van der Waals surface area (Å²) in [5.41, 5.74) is 0.498. The first kappa shape index (κ1) is 19.3. The first-order chi connectivity index (χ1) is 12.4. The van der Waals surface area contributed by atoms with E-state index in [9.17, 15) is 13.2 Å². The van der Waals surface area contributed by atoms with Gasteiger partial charge < -0.3 is 14.4 Å². The van der Waals surface area contributed by atoms with E-state index in [1.165, 1.54) is 0 Å². The second-order valence-electron chi connectivity index (χ2n) is 6.78. The highest BCUT2D eigenvalue weighted by atomic mass is 35.5. The molecule has 8 heteroatoms. The third-order valence-corrected chi connectivity index (χ3v) is 6.55. The van der Waals surface area contributed by atoms with E-state index in [1.54, 1.807) is 17.0 Å². The third-order valence-electron chi connectivity index (χ3n) is 4.81. The van der Waals surface area contributed by atoms with E-state index < -0.39 is 15.6 Å². The van der Waals surface area contributed by atoms with Crippen molar-refractivity contribution in [2.45, 2.75) is 44.4 Å². The van der Waals surface area contributed by atoms with Crippen LogP contribution in [0.25, 0.3) is 0 Å². The third kappa shape index (κ3) is 4.43. The van der Waals surface area contributed by atoms with Crippen LogP contribution in [0, 0.1) is 0 Å². The molecule has 1 amide bonds. The van der Waals surface area contributed by atoms with Gasteiger partial charge in [0.2, 0.25) is 5.91 Å². The van der Waals surface area contributed by atoms with Crippen LogP contribution < -0.4 is 9.47 Å².